The molecule has 0 bridgehead atoms. The second-order valence-electron chi connectivity index (χ2n) is 10.9. The summed E-state index contributed by atoms with van der Waals surface area (Å²) in [5.41, 5.74) is 0.872. The van der Waals surface area contributed by atoms with Gasteiger partial charge in [-0.05, 0) is 38.8 Å². The monoisotopic (exact) mass is 561 g/mol. The van der Waals surface area contributed by atoms with Gasteiger partial charge in [-0.25, -0.2) is 4.79 Å². The molecule has 4 rings (SSSR count). The lowest BCUT2D eigenvalue weighted by Crippen LogP contribution is -2.38. The van der Waals surface area contributed by atoms with Crippen molar-refractivity contribution in [1.29, 1.82) is 0 Å². The van der Waals surface area contributed by atoms with E-state index in [9.17, 15) is 9.90 Å². The van der Waals surface area contributed by atoms with E-state index in [0.717, 1.165) is 32.8 Å². The van der Waals surface area contributed by atoms with Crippen molar-refractivity contribution in [3.8, 4) is 11.5 Å². The van der Waals surface area contributed by atoms with E-state index in [1.54, 1.807) is 12.1 Å². The van der Waals surface area contributed by atoms with E-state index in [2.05, 4.69) is 4.90 Å². The van der Waals surface area contributed by atoms with Crippen LogP contribution in [0.3, 0.4) is 0 Å². The van der Waals surface area contributed by atoms with Gasteiger partial charge in [0.05, 0.1) is 19.3 Å². The third-order valence-corrected chi connectivity index (χ3v) is 7.29. The first-order valence-corrected chi connectivity index (χ1v) is 14.0. The molecule has 40 heavy (non-hydrogen) atoms. The van der Waals surface area contributed by atoms with Crippen molar-refractivity contribution in [3.63, 3.8) is 0 Å². The molecule has 222 valence electrons. The molecule has 2 fully saturated rings. The maximum atomic E-state index is 13.5. The Morgan fingerprint density at radius 2 is 1.88 bits per heavy atom. The number of fused-ring (bicyclic) bond motifs is 2. The Morgan fingerprint density at radius 3 is 2.62 bits per heavy atom. The molecule has 3 aliphatic rings. The number of hydrogen-bond acceptors (Lipinski definition) is 10. The predicted octanol–water partition coefficient (Wildman–Crippen LogP) is 3.42. The molecule has 1 aromatic carbocycles. The van der Waals surface area contributed by atoms with Crippen LogP contribution in [-0.2, 0) is 23.7 Å². The van der Waals surface area contributed by atoms with Gasteiger partial charge in [0.1, 0.15) is 42.0 Å². The molecule has 0 radical (unpaired) electrons. The minimum atomic E-state index is -0.874. The Bertz CT molecular complexity index is 1050. The van der Waals surface area contributed by atoms with E-state index in [0.29, 0.717) is 30.1 Å². The average molecular weight is 562 g/mol. The lowest BCUT2D eigenvalue weighted by atomic mass is 9.99. The molecular formula is C30H43NO9. The van der Waals surface area contributed by atoms with Crippen molar-refractivity contribution in [2.24, 2.45) is 5.92 Å². The average Bonchev–Trinajstić information content (AvgIpc) is 3.24. The molecule has 2 unspecified atom stereocenters. The fourth-order valence-electron chi connectivity index (χ4n) is 4.95. The first-order valence-electron chi connectivity index (χ1n) is 14.0. The molecule has 10 nitrogen and oxygen atoms in total. The highest BCUT2D eigenvalue weighted by Gasteiger charge is 2.43. The Morgan fingerprint density at radius 1 is 1.10 bits per heavy atom. The lowest BCUT2D eigenvalue weighted by molar-refractivity contribution is -0.152. The summed E-state index contributed by atoms with van der Waals surface area (Å²) >= 11 is 0. The molecule has 3 heterocycles. The van der Waals surface area contributed by atoms with Crippen LogP contribution in [0, 0.1) is 5.92 Å². The standard InChI is InChI=1S/C30H43NO9/c1-20-9-10-24(32)28-25(39-30(3,4)40-28)8-6-7-22-17-23(36-16-13-31-11-14-35-15-12-31)18-26(37-19-34-5)27(22)29(33)38-21(20)2/h6-7,9-10,17-18,20-21,24-25,28,32H,8,11-16,19H2,1-5H3/b7-6+,10-9-/t20-,21+,24?,25+,28?/m1/s1. The first kappa shape index (κ1) is 30.5. The van der Waals surface area contributed by atoms with Gasteiger partial charge < -0.3 is 38.3 Å². The highest BCUT2D eigenvalue weighted by molar-refractivity contribution is 5.97. The number of hydrogen-bond donors (Lipinski definition) is 1. The molecule has 0 aromatic heterocycles. The molecule has 0 spiro atoms. The first-order chi connectivity index (χ1) is 19.2. The number of ether oxygens (including phenoxy) is 7. The summed E-state index contributed by atoms with van der Waals surface area (Å²) in [6, 6.07) is 3.51. The van der Waals surface area contributed by atoms with Gasteiger partial charge in [-0.15, -0.1) is 0 Å². The highest BCUT2D eigenvalue weighted by atomic mass is 16.8. The maximum absolute atomic E-state index is 13.5. The van der Waals surface area contributed by atoms with Crippen LogP contribution in [-0.4, -0.2) is 99.5 Å². The van der Waals surface area contributed by atoms with E-state index >= 15 is 0 Å². The third-order valence-electron chi connectivity index (χ3n) is 7.29. The normalized spacial score (nSPS) is 30.9. The topological polar surface area (TPSA) is 105 Å². The van der Waals surface area contributed by atoms with Gasteiger partial charge in [-0.2, -0.15) is 0 Å². The summed E-state index contributed by atoms with van der Waals surface area (Å²) < 4.78 is 40.5. The number of rotatable bonds is 7. The number of nitrogens with zero attached hydrogens (tertiary/aromatic N) is 1. The number of morpholine rings is 1. The van der Waals surface area contributed by atoms with Gasteiger partial charge >= 0.3 is 5.97 Å². The van der Waals surface area contributed by atoms with Crippen molar-refractivity contribution in [3.05, 3.63) is 41.5 Å². The maximum Gasteiger partial charge on any atom is 0.342 e. The number of esters is 1. The van der Waals surface area contributed by atoms with Gasteiger partial charge in [0.15, 0.2) is 12.6 Å². The summed E-state index contributed by atoms with van der Waals surface area (Å²) in [6.07, 6.45) is 5.45. The quantitative estimate of drug-likeness (QED) is 0.303. The van der Waals surface area contributed by atoms with Crippen LogP contribution >= 0.6 is 0 Å². The zero-order valence-electron chi connectivity index (χ0n) is 24.2. The van der Waals surface area contributed by atoms with Crippen LogP contribution in [0.2, 0.25) is 0 Å². The number of benzene rings is 1. The Kier molecular flexibility index (Phi) is 10.6. The van der Waals surface area contributed by atoms with Crippen LogP contribution in [0.15, 0.2) is 30.4 Å². The zero-order valence-corrected chi connectivity index (χ0v) is 24.2. The summed E-state index contributed by atoms with van der Waals surface area (Å²) in [7, 11) is 1.52. The molecular weight excluding hydrogens is 518 g/mol. The van der Waals surface area contributed by atoms with E-state index < -0.39 is 30.1 Å². The van der Waals surface area contributed by atoms with Gasteiger partial charge in [-0.3, -0.25) is 4.90 Å². The predicted molar refractivity (Wildman–Crippen MR) is 148 cm³/mol. The molecule has 0 saturated carbocycles. The number of carbonyl (C=O) groups is 1. The summed E-state index contributed by atoms with van der Waals surface area (Å²) in [5, 5.41) is 10.9. The van der Waals surface area contributed by atoms with Crippen LogP contribution in [0.25, 0.3) is 6.08 Å². The number of cyclic esters (lactones) is 1. The molecule has 1 aromatic rings. The van der Waals surface area contributed by atoms with Crippen molar-refractivity contribution in [1.82, 2.24) is 4.90 Å². The van der Waals surface area contributed by atoms with Crippen LogP contribution in [0.4, 0.5) is 0 Å². The Labute approximate surface area is 236 Å². The van der Waals surface area contributed by atoms with Gasteiger partial charge in [0.25, 0.3) is 0 Å². The van der Waals surface area contributed by atoms with E-state index in [1.807, 2.05) is 52.0 Å². The molecule has 5 atom stereocenters. The molecule has 0 aliphatic carbocycles. The molecule has 1 N–H and O–H groups in total. The van der Waals surface area contributed by atoms with Crippen LogP contribution in [0.5, 0.6) is 11.5 Å². The second kappa shape index (κ2) is 13.9. The summed E-state index contributed by atoms with van der Waals surface area (Å²) in [5.74, 6) is -0.635. The summed E-state index contributed by atoms with van der Waals surface area (Å²) in [4.78, 5) is 15.8. The molecule has 3 aliphatic heterocycles. The van der Waals surface area contributed by atoms with E-state index in [-0.39, 0.29) is 24.4 Å². The van der Waals surface area contributed by atoms with Crippen molar-refractivity contribution in [2.45, 2.75) is 64.3 Å². The third kappa shape index (κ3) is 8.05. The second-order valence-corrected chi connectivity index (χ2v) is 10.9. The van der Waals surface area contributed by atoms with Gasteiger partial charge in [0, 0.05) is 38.7 Å². The van der Waals surface area contributed by atoms with E-state index in [4.69, 9.17) is 33.2 Å². The van der Waals surface area contributed by atoms with Gasteiger partial charge in [-0.1, -0.05) is 31.2 Å². The van der Waals surface area contributed by atoms with Crippen molar-refractivity contribution in [2.75, 3.05) is 53.4 Å². The van der Waals surface area contributed by atoms with Crippen molar-refractivity contribution < 1.29 is 43.1 Å². The highest BCUT2D eigenvalue weighted by Crippen LogP contribution is 2.35. The molecule has 0 amide bonds. The van der Waals surface area contributed by atoms with Crippen LogP contribution in [0.1, 0.15) is 50.0 Å². The fourth-order valence-corrected chi connectivity index (χ4v) is 4.95. The number of aliphatic hydroxyl groups is 1. The number of methoxy groups -OCH3 is 1. The number of carbonyl (C=O) groups excluding carboxylic acids is 1. The number of aliphatic hydroxyl groups excluding tert-OH is 1. The molecule has 2 saturated heterocycles. The smallest absolute Gasteiger partial charge is 0.342 e. The van der Waals surface area contributed by atoms with Crippen LogP contribution < -0.4 is 9.47 Å². The Balaban J connectivity index is 1.66. The lowest BCUT2D eigenvalue weighted by Gasteiger charge is -2.26. The SMILES string of the molecule is COCOc1cc(OCCN2CCOCC2)cc2c1C(=O)O[C@@H](C)[C@H](C)/C=C\C(O)C1OC(C)(C)O[C@H]1C/C=C/2. The van der Waals surface area contributed by atoms with Gasteiger partial charge in [0.2, 0.25) is 0 Å². The largest absolute Gasteiger partial charge is 0.492 e. The van der Waals surface area contributed by atoms with Crippen molar-refractivity contribution >= 4 is 12.0 Å². The Hall–Kier alpha value is -2.47. The summed E-state index contributed by atoms with van der Waals surface area (Å²) in [6.45, 7) is 11.8. The zero-order chi connectivity index (χ0) is 28.7. The fraction of sp³-hybridized carbons (Fsp3) is 0.633. The minimum absolute atomic E-state index is 0.0444. The minimum Gasteiger partial charge on any atom is -0.492 e. The van der Waals surface area contributed by atoms with E-state index in [1.165, 1.54) is 7.11 Å². The molecule has 10 heteroatoms.